The van der Waals surface area contributed by atoms with Gasteiger partial charge in [0.2, 0.25) is 0 Å². The summed E-state index contributed by atoms with van der Waals surface area (Å²) in [5.41, 5.74) is 8.94. The maximum absolute atomic E-state index is 2.50. The van der Waals surface area contributed by atoms with Gasteiger partial charge in [0.1, 0.15) is 0 Å². The Morgan fingerprint density at radius 3 is 1.69 bits per heavy atom. The molecule has 29 heavy (non-hydrogen) atoms. The quantitative estimate of drug-likeness (QED) is 0.474. The summed E-state index contributed by atoms with van der Waals surface area (Å²) in [6.07, 6.45) is 14.7. The first-order valence-corrected chi connectivity index (χ1v) is 11.0. The minimum atomic E-state index is -0.0427. The Morgan fingerprint density at radius 2 is 1.17 bits per heavy atom. The summed E-state index contributed by atoms with van der Waals surface area (Å²) in [4.78, 5) is 0. The van der Waals surface area contributed by atoms with E-state index in [9.17, 15) is 0 Å². The van der Waals surface area contributed by atoms with Crippen LogP contribution < -0.4 is 10.4 Å². The molecule has 0 nitrogen and oxygen atoms in total. The van der Waals surface area contributed by atoms with E-state index in [0.717, 1.165) is 0 Å². The second kappa shape index (κ2) is 5.28. The molecule has 1 aromatic carbocycles. The minimum absolute atomic E-state index is 0.0427. The Morgan fingerprint density at radius 1 is 0.690 bits per heavy atom. The molecule has 150 valence electrons. The lowest BCUT2D eigenvalue weighted by molar-refractivity contribution is 0.298. The highest BCUT2D eigenvalue weighted by atomic mass is 14.6. The lowest BCUT2D eigenvalue weighted by atomic mass is 9.45. The van der Waals surface area contributed by atoms with Crippen LogP contribution in [0.15, 0.2) is 76.9 Å². The number of hydrogen-bond donors (Lipinski definition) is 0. The molecule has 0 aliphatic heterocycles. The molecule has 0 unspecified atom stereocenters. The van der Waals surface area contributed by atoms with Gasteiger partial charge in [-0.25, -0.2) is 0 Å². The van der Waals surface area contributed by atoms with E-state index in [2.05, 4.69) is 110 Å². The predicted molar refractivity (Wildman–Crippen MR) is 125 cm³/mol. The van der Waals surface area contributed by atoms with Gasteiger partial charge in [-0.3, -0.25) is 0 Å². The van der Waals surface area contributed by atoms with Crippen molar-refractivity contribution in [2.75, 3.05) is 0 Å². The van der Waals surface area contributed by atoms with Crippen molar-refractivity contribution in [2.45, 2.75) is 55.4 Å². The molecule has 0 radical (unpaired) electrons. The van der Waals surface area contributed by atoms with Crippen LogP contribution in [0.4, 0.5) is 0 Å². The van der Waals surface area contributed by atoms with E-state index in [1.165, 1.54) is 43.9 Å². The molecule has 4 aliphatic carbocycles. The highest BCUT2D eigenvalue weighted by Gasteiger charge is 2.54. The van der Waals surface area contributed by atoms with Gasteiger partial charge in [-0.1, -0.05) is 103 Å². The number of fused-ring (bicyclic) bond motifs is 1. The van der Waals surface area contributed by atoms with E-state index in [1.54, 1.807) is 0 Å². The SMILES string of the molecule is CC(C)(C)C1=CC2=c3cc[cH-]c3=C3C=C(C(C)(C)C)C=C4C=CC(=C1)[C@]2(C)[C@@]43C. The molecular formula is C29H33-. The van der Waals surface area contributed by atoms with Crippen LogP contribution in [0, 0.1) is 21.7 Å². The molecule has 5 rings (SSSR count). The van der Waals surface area contributed by atoms with Crippen molar-refractivity contribution in [3.63, 3.8) is 0 Å². The molecule has 0 saturated heterocycles. The van der Waals surface area contributed by atoms with Crippen LogP contribution in [-0.2, 0) is 0 Å². The van der Waals surface area contributed by atoms with E-state index < -0.39 is 0 Å². The molecule has 1 aromatic rings. The van der Waals surface area contributed by atoms with E-state index in [4.69, 9.17) is 0 Å². The predicted octanol–water partition coefficient (Wildman–Crippen LogP) is 6.13. The summed E-state index contributed by atoms with van der Waals surface area (Å²) in [5, 5.41) is 2.85. The third-order valence-electron chi connectivity index (χ3n) is 8.02. The normalized spacial score (nSPS) is 30.2. The molecule has 0 N–H and O–H groups in total. The van der Waals surface area contributed by atoms with Crippen LogP contribution in [0.3, 0.4) is 0 Å². The monoisotopic (exact) mass is 381 g/mol. The van der Waals surface area contributed by atoms with Crippen LogP contribution in [0.1, 0.15) is 55.4 Å². The molecule has 0 amide bonds. The zero-order valence-electron chi connectivity index (χ0n) is 19.2. The van der Waals surface area contributed by atoms with Crippen LogP contribution in [0.2, 0.25) is 0 Å². The smallest absolute Gasteiger partial charge is 0.0142 e. The fraction of sp³-hybridized carbons (Fsp3) is 0.414. The number of allylic oxidation sites excluding steroid dienone is 10. The standard InChI is InChI=1S/C29H33/c1-26(2,3)20-14-18-12-13-19-15-21(27(4,5)6)17-25-23-11-9-10-22(23)24(16-20)28(18,7)29(19,25)8/h9-17H,1-8H3/q-1/t28-,29-/m0/s1. The topological polar surface area (TPSA) is 0 Å². The largest absolute Gasteiger partial charge is 0.168 e. The Bertz CT molecular complexity index is 1120. The molecule has 0 bridgehead atoms. The Kier molecular flexibility index (Phi) is 3.42. The van der Waals surface area contributed by atoms with Gasteiger partial charge in [0.15, 0.2) is 0 Å². The first kappa shape index (κ1) is 18.8. The lowest BCUT2D eigenvalue weighted by Gasteiger charge is -2.60. The summed E-state index contributed by atoms with van der Waals surface area (Å²) >= 11 is 0. The van der Waals surface area contributed by atoms with Gasteiger partial charge in [0.25, 0.3) is 0 Å². The van der Waals surface area contributed by atoms with Gasteiger partial charge >= 0.3 is 0 Å². The second-order valence-electron chi connectivity index (χ2n) is 11.7. The average molecular weight is 382 g/mol. The summed E-state index contributed by atoms with van der Waals surface area (Å²) in [5.74, 6) is 0. The first-order chi connectivity index (χ1) is 13.4. The van der Waals surface area contributed by atoms with Crippen molar-refractivity contribution >= 4 is 11.1 Å². The second-order valence-corrected chi connectivity index (χ2v) is 11.7. The Labute approximate surface area is 175 Å². The van der Waals surface area contributed by atoms with Crippen LogP contribution in [-0.4, -0.2) is 0 Å². The molecular weight excluding hydrogens is 348 g/mol. The van der Waals surface area contributed by atoms with Gasteiger partial charge in [-0.2, -0.15) is 12.1 Å². The summed E-state index contributed by atoms with van der Waals surface area (Å²) in [6.45, 7) is 18.9. The number of hydrogen-bond acceptors (Lipinski definition) is 0. The van der Waals surface area contributed by atoms with Crippen LogP contribution in [0.25, 0.3) is 11.1 Å². The molecule has 0 saturated carbocycles. The third kappa shape index (κ3) is 2.18. The molecule has 0 spiro atoms. The molecule has 4 aliphatic rings. The maximum Gasteiger partial charge on any atom is 0.0142 e. The van der Waals surface area contributed by atoms with E-state index in [-0.39, 0.29) is 21.7 Å². The minimum Gasteiger partial charge on any atom is -0.168 e. The van der Waals surface area contributed by atoms with Crippen molar-refractivity contribution in [2.24, 2.45) is 21.7 Å². The van der Waals surface area contributed by atoms with E-state index in [0.29, 0.717) is 0 Å². The van der Waals surface area contributed by atoms with Crippen LogP contribution in [0.5, 0.6) is 0 Å². The summed E-state index contributed by atoms with van der Waals surface area (Å²) < 4.78 is 0. The van der Waals surface area contributed by atoms with Gasteiger partial charge < -0.3 is 0 Å². The summed E-state index contributed by atoms with van der Waals surface area (Å²) in [6, 6.07) is 6.92. The van der Waals surface area contributed by atoms with Crippen LogP contribution >= 0.6 is 0 Å². The van der Waals surface area contributed by atoms with Gasteiger partial charge in [-0.15, -0.1) is 22.1 Å². The molecule has 2 atom stereocenters. The van der Waals surface area contributed by atoms with E-state index in [1.807, 2.05) is 0 Å². The third-order valence-corrected chi connectivity index (χ3v) is 8.02. The average Bonchev–Trinajstić information content (AvgIpc) is 3.07. The summed E-state index contributed by atoms with van der Waals surface area (Å²) in [7, 11) is 0. The number of rotatable bonds is 0. The maximum atomic E-state index is 2.50. The molecule has 0 heteroatoms. The highest BCUT2D eigenvalue weighted by molar-refractivity contribution is 5.88. The van der Waals surface area contributed by atoms with Crippen molar-refractivity contribution in [3.8, 4) is 0 Å². The molecule has 0 aromatic heterocycles. The Hall–Kier alpha value is -2.21. The van der Waals surface area contributed by atoms with Crippen molar-refractivity contribution < 1.29 is 0 Å². The van der Waals surface area contributed by atoms with Gasteiger partial charge in [-0.05, 0) is 33.0 Å². The zero-order valence-corrected chi connectivity index (χ0v) is 19.2. The van der Waals surface area contributed by atoms with Crippen molar-refractivity contribution in [3.05, 3.63) is 87.4 Å². The van der Waals surface area contributed by atoms with Gasteiger partial charge in [0.05, 0.1) is 0 Å². The van der Waals surface area contributed by atoms with Gasteiger partial charge in [0, 0.05) is 5.41 Å². The lowest BCUT2D eigenvalue weighted by Crippen LogP contribution is -2.53. The van der Waals surface area contributed by atoms with E-state index >= 15 is 0 Å². The van der Waals surface area contributed by atoms with Crippen molar-refractivity contribution in [1.82, 2.24) is 0 Å². The first-order valence-electron chi connectivity index (χ1n) is 11.0. The molecule has 0 heterocycles. The highest BCUT2D eigenvalue weighted by Crippen LogP contribution is 2.66. The zero-order chi connectivity index (χ0) is 21.0. The van der Waals surface area contributed by atoms with Crippen molar-refractivity contribution in [1.29, 1.82) is 0 Å². The molecule has 0 fully saturated rings. The Balaban J connectivity index is 1.99. The fourth-order valence-electron chi connectivity index (χ4n) is 5.79. The fourth-order valence-corrected chi connectivity index (χ4v) is 5.79.